The van der Waals surface area contributed by atoms with Gasteiger partial charge in [-0.3, -0.25) is 4.79 Å². The van der Waals surface area contributed by atoms with E-state index in [4.69, 9.17) is 4.74 Å². The Morgan fingerprint density at radius 1 is 0.931 bits per heavy atom. The van der Waals surface area contributed by atoms with Crippen LogP contribution in [0.1, 0.15) is 43.0 Å². The van der Waals surface area contributed by atoms with Crippen molar-refractivity contribution in [2.75, 3.05) is 0 Å². The van der Waals surface area contributed by atoms with Gasteiger partial charge >= 0.3 is 11.9 Å². The normalized spacial score (nSPS) is 19.1. The van der Waals surface area contributed by atoms with Crippen LogP contribution in [0, 0.1) is 11.8 Å². The lowest BCUT2D eigenvalue weighted by Gasteiger charge is -2.25. The van der Waals surface area contributed by atoms with Crippen LogP contribution in [0.2, 0.25) is 0 Å². The van der Waals surface area contributed by atoms with Gasteiger partial charge in [-0.15, -0.1) is 0 Å². The molecule has 4 heteroatoms. The van der Waals surface area contributed by atoms with Crippen LogP contribution >= 0.6 is 0 Å². The third kappa shape index (κ3) is 3.88. The highest BCUT2D eigenvalue weighted by Gasteiger charge is 2.27. The van der Waals surface area contributed by atoms with Crippen LogP contribution in [-0.4, -0.2) is 17.0 Å². The molecule has 4 nitrogen and oxygen atoms in total. The maximum absolute atomic E-state index is 12.9. The minimum atomic E-state index is -0.983. The van der Waals surface area contributed by atoms with Crippen LogP contribution < -0.4 is 4.74 Å². The fourth-order valence-electron chi connectivity index (χ4n) is 4.36. The Morgan fingerprint density at radius 3 is 2.41 bits per heavy atom. The Kier molecular flexibility index (Phi) is 5.34. The van der Waals surface area contributed by atoms with Crippen molar-refractivity contribution < 1.29 is 19.4 Å². The van der Waals surface area contributed by atoms with Crippen LogP contribution in [0.25, 0.3) is 21.9 Å². The molecule has 4 rings (SSSR count). The molecule has 0 heterocycles. The van der Waals surface area contributed by atoms with E-state index in [-0.39, 0.29) is 17.5 Å². The average Bonchev–Trinajstić information content (AvgIpc) is 2.73. The number of aromatic carboxylic acids is 1. The van der Waals surface area contributed by atoms with Gasteiger partial charge in [0.1, 0.15) is 5.75 Å². The highest BCUT2D eigenvalue weighted by Crippen LogP contribution is 2.38. The van der Waals surface area contributed by atoms with Gasteiger partial charge in [0.25, 0.3) is 0 Å². The number of carbonyl (C=O) groups is 2. The standard InChI is InChI=1S/C25H24O4/c1-16-7-4-10-18(15-16)25(28)29-22-14-6-9-17-8-5-13-20(23(17)22)19-11-2-3-12-21(19)24(26)27/h2-3,5-6,8-9,11-14,16,18H,4,7,10,15H2,1H3,(H,26,27). The molecule has 0 saturated heterocycles. The third-order valence-corrected chi connectivity index (χ3v) is 5.79. The summed E-state index contributed by atoms with van der Waals surface area (Å²) in [7, 11) is 0. The predicted octanol–water partition coefficient (Wildman–Crippen LogP) is 5.94. The van der Waals surface area contributed by atoms with Crippen molar-refractivity contribution >= 4 is 22.7 Å². The fraction of sp³-hybridized carbons (Fsp3) is 0.280. The SMILES string of the molecule is CC1CCCC(C(=O)Oc2cccc3cccc(-c4ccccc4C(=O)O)c23)C1. The number of ether oxygens (including phenoxy) is 1. The average molecular weight is 388 g/mol. The lowest BCUT2D eigenvalue weighted by Crippen LogP contribution is -2.25. The second kappa shape index (κ2) is 8.08. The summed E-state index contributed by atoms with van der Waals surface area (Å²) < 4.78 is 5.89. The van der Waals surface area contributed by atoms with Crippen molar-refractivity contribution in [3.63, 3.8) is 0 Å². The summed E-state index contributed by atoms with van der Waals surface area (Å²) in [5.74, 6) is -0.227. The molecule has 0 spiro atoms. The van der Waals surface area contributed by atoms with Gasteiger partial charge in [0.05, 0.1) is 11.5 Å². The van der Waals surface area contributed by atoms with E-state index in [9.17, 15) is 14.7 Å². The van der Waals surface area contributed by atoms with Gasteiger partial charge in [-0.1, -0.05) is 68.3 Å². The molecular formula is C25H24O4. The van der Waals surface area contributed by atoms with Gasteiger partial charge in [-0.25, -0.2) is 4.79 Å². The quantitative estimate of drug-likeness (QED) is 0.444. The van der Waals surface area contributed by atoms with E-state index < -0.39 is 5.97 Å². The van der Waals surface area contributed by atoms with Gasteiger partial charge in [-0.05, 0) is 47.4 Å². The van der Waals surface area contributed by atoms with Gasteiger partial charge in [0.2, 0.25) is 0 Å². The third-order valence-electron chi connectivity index (χ3n) is 5.79. The summed E-state index contributed by atoms with van der Waals surface area (Å²) in [6.07, 6.45) is 3.93. The fourth-order valence-corrected chi connectivity index (χ4v) is 4.36. The molecule has 29 heavy (non-hydrogen) atoms. The van der Waals surface area contributed by atoms with Crippen LogP contribution in [0.4, 0.5) is 0 Å². The Labute approximate surface area is 170 Å². The number of carbonyl (C=O) groups excluding carboxylic acids is 1. The lowest BCUT2D eigenvalue weighted by atomic mass is 9.82. The summed E-state index contributed by atoms with van der Waals surface area (Å²) in [5, 5.41) is 11.3. The first-order valence-electron chi connectivity index (χ1n) is 10.1. The maximum atomic E-state index is 12.9. The van der Waals surface area contributed by atoms with E-state index in [1.54, 1.807) is 24.3 Å². The van der Waals surface area contributed by atoms with Crippen molar-refractivity contribution in [3.8, 4) is 16.9 Å². The molecule has 1 fully saturated rings. The summed E-state index contributed by atoms with van der Waals surface area (Å²) in [6.45, 7) is 2.18. The van der Waals surface area contributed by atoms with Crippen molar-refractivity contribution in [3.05, 3.63) is 66.2 Å². The van der Waals surface area contributed by atoms with Crippen LogP contribution in [-0.2, 0) is 4.79 Å². The molecule has 0 radical (unpaired) electrons. The molecule has 1 aliphatic carbocycles. The molecule has 0 aromatic heterocycles. The van der Waals surface area contributed by atoms with Crippen molar-refractivity contribution in [2.45, 2.75) is 32.6 Å². The minimum absolute atomic E-state index is 0.0764. The monoisotopic (exact) mass is 388 g/mol. The molecule has 0 amide bonds. The number of hydrogen-bond acceptors (Lipinski definition) is 3. The molecular weight excluding hydrogens is 364 g/mol. The van der Waals surface area contributed by atoms with Crippen molar-refractivity contribution in [1.82, 2.24) is 0 Å². The molecule has 1 aliphatic rings. The second-order valence-corrected chi connectivity index (χ2v) is 7.90. The van der Waals surface area contributed by atoms with E-state index in [2.05, 4.69) is 6.92 Å². The molecule has 2 unspecified atom stereocenters. The van der Waals surface area contributed by atoms with Crippen LogP contribution in [0.5, 0.6) is 5.75 Å². The van der Waals surface area contributed by atoms with Gasteiger partial charge in [-0.2, -0.15) is 0 Å². The zero-order valence-electron chi connectivity index (χ0n) is 16.4. The smallest absolute Gasteiger partial charge is 0.336 e. The highest BCUT2D eigenvalue weighted by molar-refractivity contribution is 6.06. The topological polar surface area (TPSA) is 63.6 Å². The van der Waals surface area contributed by atoms with E-state index in [0.717, 1.165) is 42.0 Å². The molecule has 2 atom stereocenters. The molecule has 3 aromatic carbocycles. The van der Waals surface area contributed by atoms with Gasteiger partial charge in [0.15, 0.2) is 0 Å². The van der Waals surface area contributed by atoms with Crippen LogP contribution in [0.3, 0.4) is 0 Å². The Hall–Kier alpha value is -3.14. The van der Waals surface area contributed by atoms with E-state index >= 15 is 0 Å². The summed E-state index contributed by atoms with van der Waals surface area (Å²) in [4.78, 5) is 24.6. The lowest BCUT2D eigenvalue weighted by molar-refractivity contribution is -0.140. The zero-order chi connectivity index (χ0) is 20.4. The van der Waals surface area contributed by atoms with E-state index in [1.165, 1.54) is 0 Å². The summed E-state index contributed by atoms with van der Waals surface area (Å²) in [6, 6.07) is 18.2. The highest BCUT2D eigenvalue weighted by atomic mass is 16.5. The molecule has 0 aliphatic heterocycles. The minimum Gasteiger partial charge on any atom is -0.478 e. The molecule has 3 aromatic rings. The Morgan fingerprint density at radius 2 is 1.66 bits per heavy atom. The first kappa shape index (κ1) is 19.2. The number of benzene rings is 3. The Balaban J connectivity index is 1.79. The summed E-state index contributed by atoms with van der Waals surface area (Å²) >= 11 is 0. The van der Waals surface area contributed by atoms with Crippen LogP contribution in [0.15, 0.2) is 60.7 Å². The van der Waals surface area contributed by atoms with E-state index in [1.807, 2.05) is 36.4 Å². The largest absolute Gasteiger partial charge is 0.478 e. The Bertz CT molecular complexity index is 1060. The first-order valence-corrected chi connectivity index (χ1v) is 10.1. The van der Waals surface area contributed by atoms with Gasteiger partial charge < -0.3 is 9.84 Å². The maximum Gasteiger partial charge on any atom is 0.336 e. The van der Waals surface area contributed by atoms with Crippen molar-refractivity contribution in [1.29, 1.82) is 0 Å². The number of fused-ring (bicyclic) bond motifs is 1. The molecule has 0 bridgehead atoms. The molecule has 1 saturated carbocycles. The first-order chi connectivity index (χ1) is 14.0. The number of carboxylic acids is 1. The number of esters is 1. The van der Waals surface area contributed by atoms with Gasteiger partial charge in [0, 0.05) is 5.39 Å². The molecule has 148 valence electrons. The zero-order valence-corrected chi connectivity index (χ0v) is 16.4. The predicted molar refractivity (Wildman–Crippen MR) is 113 cm³/mol. The number of rotatable bonds is 4. The second-order valence-electron chi connectivity index (χ2n) is 7.90. The van der Waals surface area contributed by atoms with E-state index in [0.29, 0.717) is 17.2 Å². The number of hydrogen-bond donors (Lipinski definition) is 1. The summed E-state index contributed by atoms with van der Waals surface area (Å²) in [5.41, 5.74) is 1.59. The number of carboxylic acid groups (broad SMARTS) is 1. The van der Waals surface area contributed by atoms with Crippen molar-refractivity contribution in [2.24, 2.45) is 11.8 Å². The molecule has 1 N–H and O–H groups in total.